The van der Waals surface area contributed by atoms with Gasteiger partial charge >= 0.3 is 12.1 Å². The third-order valence-electron chi connectivity index (χ3n) is 2.94. The number of aromatic nitrogens is 2. The van der Waals surface area contributed by atoms with Crippen molar-refractivity contribution < 1.29 is 19.1 Å². The summed E-state index contributed by atoms with van der Waals surface area (Å²) >= 11 is 0. The Kier molecular flexibility index (Phi) is 6.76. The summed E-state index contributed by atoms with van der Waals surface area (Å²) in [7, 11) is 0. The molecule has 20 heavy (non-hydrogen) atoms. The van der Waals surface area contributed by atoms with Gasteiger partial charge in [-0.05, 0) is 6.42 Å². The quantitative estimate of drug-likeness (QED) is 0.437. The summed E-state index contributed by atoms with van der Waals surface area (Å²) in [4.78, 5) is 26.7. The summed E-state index contributed by atoms with van der Waals surface area (Å²) in [6.45, 7) is 5.33. The number of ether oxygens (including phenoxy) is 2. The van der Waals surface area contributed by atoms with E-state index in [1.165, 1.54) is 30.2 Å². The molecule has 6 heteroatoms. The van der Waals surface area contributed by atoms with Crippen molar-refractivity contribution in [3.8, 4) is 0 Å². The number of rotatable bonds is 7. The van der Waals surface area contributed by atoms with Crippen LogP contribution in [0.4, 0.5) is 4.79 Å². The van der Waals surface area contributed by atoms with Gasteiger partial charge in [-0.2, -0.15) is 0 Å². The van der Waals surface area contributed by atoms with Gasteiger partial charge in [-0.25, -0.2) is 14.3 Å². The fraction of sp³-hybridized carbons (Fsp3) is 0.643. The molecule has 2 atom stereocenters. The molecule has 0 fully saturated rings. The highest BCUT2D eigenvalue weighted by Crippen LogP contribution is 2.18. The van der Waals surface area contributed by atoms with Crippen molar-refractivity contribution in [2.75, 3.05) is 0 Å². The topological polar surface area (TPSA) is 70.4 Å². The largest absolute Gasteiger partial charge is 0.425 e. The van der Waals surface area contributed by atoms with E-state index < -0.39 is 18.4 Å². The van der Waals surface area contributed by atoms with E-state index in [0.29, 0.717) is 0 Å². The van der Waals surface area contributed by atoms with E-state index in [0.717, 1.165) is 25.7 Å². The molecule has 0 saturated heterocycles. The second-order valence-corrected chi connectivity index (χ2v) is 4.80. The fourth-order valence-corrected chi connectivity index (χ4v) is 1.80. The van der Waals surface area contributed by atoms with Gasteiger partial charge in [0, 0.05) is 25.2 Å². The first-order valence-electron chi connectivity index (χ1n) is 6.90. The van der Waals surface area contributed by atoms with Gasteiger partial charge < -0.3 is 9.47 Å². The van der Waals surface area contributed by atoms with Crippen molar-refractivity contribution in [3.63, 3.8) is 0 Å². The van der Waals surface area contributed by atoms with Crippen molar-refractivity contribution in [1.29, 1.82) is 0 Å². The number of unbranched alkanes of at least 4 members (excludes halogenated alkanes) is 2. The van der Waals surface area contributed by atoms with Gasteiger partial charge in [-0.1, -0.05) is 33.1 Å². The zero-order chi connectivity index (χ0) is 15.0. The van der Waals surface area contributed by atoms with Crippen molar-refractivity contribution >= 4 is 12.1 Å². The van der Waals surface area contributed by atoms with E-state index in [-0.39, 0.29) is 5.92 Å². The van der Waals surface area contributed by atoms with Crippen LogP contribution in [0.5, 0.6) is 0 Å². The maximum Gasteiger partial charge on any atom is 0.422 e. The van der Waals surface area contributed by atoms with Gasteiger partial charge in [0.05, 0.1) is 0 Å². The molecule has 0 amide bonds. The van der Waals surface area contributed by atoms with Gasteiger partial charge in [0.15, 0.2) is 0 Å². The molecular formula is C14H22N2O4. The Balaban J connectivity index is 2.58. The highest BCUT2D eigenvalue weighted by Gasteiger charge is 2.24. The van der Waals surface area contributed by atoms with Gasteiger partial charge in [-0.15, -0.1) is 0 Å². The Hall–Kier alpha value is -1.85. The lowest BCUT2D eigenvalue weighted by Crippen LogP contribution is -2.31. The van der Waals surface area contributed by atoms with Crippen LogP contribution in [-0.2, 0) is 14.3 Å². The molecule has 1 heterocycles. The van der Waals surface area contributed by atoms with Gasteiger partial charge in [0.1, 0.15) is 6.33 Å². The molecule has 1 aromatic heterocycles. The van der Waals surface area contributed by atoms with Crippen molar-refractivity contribution in [2.45, 2.75) is 52.7 Å². The molecule has 1 unspecified atom stereocenters. The number of hydrogen-bond acceptors (Lipinski definition) is 5. The first kappa shape index (κ1) is 16.2. The van der Waals surface area contributed by atoms with Crippen LogP contribution in [0.3, 0.4) is 0 Å². The molecule has 0 saturated carbocycles. The highest BCUT2D eigenvalue weighted by molar-refractivity contribution is 5.70. The van der Waals surface area contributed by atoms with Crippen molar-refractivity contribution in [3.05, 3.63) is 18.7 Å². The zero-order valence-electron chi connectivity index (χ0n) is 12.2. The SMILES string of the molecule is CCCCCC(C)[C@H](OC(C)=O)OC(=O)n1ccnc1. The van der Waals surface area contributed by atoms with Crippen LogP contribution in [0.25, 0.3) is 0 Å². The molecule has 0 aliphatic carbocycles. The summed E-state index contributed by atoms with van der Waals surface area (Å²) in [5.41, 5.74) is 0. The minimum atomic E-state index is -0.862. The van der Waals surface area contributed by atoms with E-state index >= 15 is 0 Å². The molecule has 0 aliphatic heterocycles. The standard InChI is InChI=1S/C14H22N2O4/c1-4-5-6-7-11(2)13(19-12(3)17)20-14(18)16-9-8-15-10-16/h8-11,13H,4-7H2,1-3H3/t11?,13-/m1/s1. The lowest BCUT2D eigenvalue weighted by Gasteiger charge is -2.23. The molecule has 0 aromatic carbocycles. The smallest absolute Gasteiger partial charge is 0.422 e. The third kappa shape index (κ3) is 5.42. The minimum absolute atomic E-state index is 0.0436. The van der Waals surface area contributed by atoms with E-state index in [9.17, 15) is 9.59 Å². The highest BCUT2D eigenvalue weighted by atomic mass is 16.7. The lowest BCUT2D eigenvalue weighted by atomic mass is 10.0. The number of carbonyl (C=O) groups excluding carboxylic acids is 2. The summed E-state index contributed by atoms with van der Waals surface area (Å²) in [6, 6.07) is 0. The molecule has 6 nitrogen and oxygen atoms in total. The monoisotopic (exact) mass is 282 g/mol. The molecule has 0 radical (unpaired) electrons. The van der Waals surface area contributed by atoms with Gasteiger partial charge in [0.2, 0.25) is 0 Å². The number of imidazole rings is 1. The van der Waals surface area contributed by atoms with E-state index in [1.54, 1.807) is 0 Å². The average Bonchev–Trinajstić information content (AvgIpc) is 2.91. The maximum atomic E-state index is 11.8. The lowest BCUT2D eigenvalue weighted by molar-refractivity contribution is -0.173. The van der Waals surface area contributed by atoms with Crippen molar-refractivity contribution in [1.82, 2.24) is 9.55 Å². The predicted octanol–water partition coefficient (Wildman–Crippen LogP) is 2.97. The van der Waals surface area contributed by atoms with Crippen molar-refractivity contribution in [2.24, 2.45) is 5.92 Å². The van der Waals surface area contributed by atoms with Crippen LogP contribution in [0.2, 0.25) is 0 Å². The van der Waals surface area contributed by atoms with Gasteiger partial charge in [0.25, 0.3) is 6.29 Å². The Morgan fingerprint density at radius 3 is 2.60 bits per heavy atom. The molecule has 0 aliphatic rings. The van der Waals surface area contributed by atoms with Crippen LogP contribution in [0, 0.1) is 5.92 Å². The minimum Gasteiger partial charge on any atom is -0.425 e. The first-order valence-corrected chi connectivity index (χ1v) is 6.90. The Morgan fingerprint density at radius 2 is 2.05 bits per heavy atom. The first-order chi connectivity index (χ1) is 9.54. The van der Waals surface area contributed by atoms with Crippen LogP contribution in [0.15, 0.2) is 18.7 Å². The number of hydrogen-bond donors (Lipinski definition) is 0. The second kappa shape index (κ2) is 8.35. The number of nitrogens with zero attached hydrogens (tertiary/aromatic N) is 2. The zero-order valence-corrected chi connectivity index (χ0v) is 12.2. The van der Waals surface area contributed by atoms with E-state index in [2.05, 4.69) is 11.9 Å². The molecule has 0 spiro atoms. The predicted molar refractivity (Wildman–Crippen MR) is 73.0 cm³/mol. The fourth-order valence-electron chi connectivity index (χ4n) is 1.80. The van der Waals surface area contributed by atoms with Crippen LogP contribution < -0.4 is 0 Å². The number of carbonyl (C=O) groups is 2. The van der Waals surface area contributed by atoms with E-state index in [1.807, 2.05) is 6.92 Å². The third-order valence-corrected chi connectivity index (χ3v) is 2.94. The maximum absolute atomic E-state index is 11.8. The Morgan fingerprint density at radius 1 is 1.30 bits per heavy atom. The summed E-state index contributed by atoms with van der Waals surface area (Å²) in [6.07, 6.45) is 6.90. The summed E-state index contributed by atoms with van der Waals surface area (Å²) in [5, 5.41) is 0. The molecule has 0 bridgehead atoms. The second-order valence-electron chi connectivity index (χ2n) is 4.80. The normalized spacial score (nSPS) is 13.6. The van der Waals surface area contributed by atoms with Gasteiger partial charge in [-0.3, -0.25) is 4.79 Å². The van der Waals surface area contributed by atoms with Crippen LogP contribution >= 0.6 is 0 Å². The number of esters is 1. The molecule has 1 rings (SSSR count). The Labute approximate surface area is 119 Å². The molecular weight excluding hydrogens is 260 g/mol. The van der Waals surface area contributed by atoms with Crippen LogP contribution in [-0.4, -0.2) is 27.9 Å². The average molecular weight is 282 g/mol. The molecule has 1 aromatic rings. The summed E-state index contributed by atoms with van der Waals surface area (Å²) in [5.74, 6) is -0.506. The molecule has 0 N–H and O–H groups in total. The van der Waals surface area contributed by atoms with E-state index in [4.69, 9.17) is 9.47 Å². The molecule has 112 valence electrons. The van der Waals surface area contributed by atoms with Crippen LogP contribution in [0.1, 0.15) is 46.5 Å². The summed E-state index contributed by atoms with van der Waals surface area (Å²) < 4.78 is 11.5. The Bertz CT molecular complexity index is 417.